The van der Waals surface area contributed by atoms with E-state index in [9.17, 15) is 22.8 Å². The summed E-state index contributed by atoms with van der Waals surface area (Å²) >= 11 is 4.51. The van der Waals surface area contributed by atoms with Crippen molar-refractivity contribution in [3.8, 4) is 5.69 Å². The highest BCUT2D eigenvalue weighted by Crippen LogP contribution is 2.35. The molecule has 2 unspecified atom stereocenters. The van der Waals surface area contributed by atoms with E-state index in [0.29, 0.717) is 38.2 Å². The van der Waals surface area contributed by atoms with Crippen LogP contribution in [0.4, 0.5) is 13.2 Å². The highest BCUT2D eigenvalue weighted by Gasteiger charge is 2.35. The van der Waals surface area contributed by atoms with Crippen molar-refractivity contribution >= 4 is 37.5 Å². The minimum absolute atomic E-state index is 0.133. The van der Waals surface area contributed by atoms with Gasteiger partial charge >= 0.3 is 11.9 Å². The first-order valence-electron chi connectivity index (χ1n) is 8.33. The van der Waals surface area contributed by atoms with E-state index in [0.717, 1.165) is 11.7 Å². The molecule has 1 fully saturated rings. The molecule has 0 bridgehead atoms. The Balaban J connectivity index is 1.84. The van der Waals surface area contributed by atoms with E-state index in [2.05, 4.69) is 20.3 Å². The first kappa shape index (κ1) is 20.3. The van der Waals surface area contributed by atoms with E-state index in [4.69, 9.17) is 9.47 Å². The lowest BCUT2D eigenvalue weighted by molar-refractivity contribution is -0.144. The number of hydrogen-bond donors (Lipinski definition) is 0. The van der Waals surface area contributed by atoms with Crippen LogP contribution in [-0.4, -0.2) is 31.5 Å². The lowest BCUT2D eigenvalue weighted by Crippen LogP contribution is -2.40. The van der Waals surface area contributed by atoms with Gasteiger partial charge in [-0.05, 0) is 29.7 Å². The maximum absolute atomic E-state index is 13.1. The van der Waals surface area contributed by atoms with E-state index >= 15 is 0 Å². The number of ether oxygens (including phenoxy) is 2. The molecule has 4 rings (SSSR count). The Morgan fingerprint density at radius 2 is 2.07 bits per heavy atom. The second-order valence-electron chi connectivity index (χ2n) is 6.37. The van der Waals surface area contributed by atoms with Gasteiger partial charge in [0.25, 0.3) is 5.56 Å². The molecule has 0 spiro atoms. The molecular weight excluding hydrogens is 479 g/mol. The molecule has 1 saturated heterocycles. The fraction of sp³-hybridized carbons (Fsp3) is 0.353. The molecular formula is C17H13BrF3N3O4S. The van der Waals surface area contributed by atoms with Gasteiger partial charge in [0, 0.05) is 23.8 Å². The van der Waals surface area contributed by atoms with E-state index in [1.807, 2.05) is 0 Å². The molecule has 0 saturated carbocycles. The van der Waals surface area contributed by atoms with Crippen molar-refractivity contribution in [1.82, 2.24) is 13.5 Å². The van der Waals surface area contributed by atoms with Crippen molar-refractivity contribution in [2.75, 3.05) is 11.9 Å². The Morgan fingerprint density at radius 3 is 2.72 bits per heavy atom. The third-order valence-corrected chi connectivity index (χ3v) is 6.06. The fourth-order valence-electron chi connectivity index (χ4n) is 3.06. The predicted octanol–water partition coefficient (Wildman–Crippen LogP) is 2.97. The number of nitrogens with zero attached hydrogens (tertiary/aromatic N) is 3. The smallest absolute Gasteiger partial charge is 0.344 e. The molecule has 12 heteroatoms. The zero-order chi connectivity index (χ0) is 20.9. The van der Waals surface area contributed by atoms with Crippen LogP contribution < -0.4 is 11.2 Å². The topological polar surface area (TPSA) is 75.3 Å². The molecule has 0 radical (unpaired) electrons. The van der Waals surface area contributed by atoms with Crippen LogP contribution in [-0.2, 0) is 22.7 Å². The van der Waals surface area contributed by atoms with Gasteiger partial charge in [0.1, 0.15) is 11.4 Å². The molecule has 1 aromatic carbocycles. The van der Waals surface area contributed by atoms with Crippen LogP contribution in [0.3, 0.4) is 0 Å². The molecule has 29 heavy (non-hydrogen) atoms. The Bertz CT molecular complexity index is 1200. The summed E-state index contributed by atoms with van der Waals surface area (Å²) in [5.74, 6) is 0. The van der Waals surface area contributed by atoms with Gasteiger partial charge in [-0.15, -0.1) is 0 Å². The second-order valence-corrected chi connectivity index (χ2v) is 7.82. The third-order valence-electron chi connectivity index (χ3n) is 4.50. The average molecular weight is 492 g/mol. The Kier molecular flexibility index (Phi) is 5.13. The predicted molar refractivity (Wildman–Crippen MR) is 103 cm³/mol. The average Bonchev–Trinajstić information content (AvgIpc) is 3.30. The lowest BCUT2D eigenvalue weighted by Gasteiger charge is -2.14. The van der Waals surface area contributed by atoms with Crippen LogP contribution in [0.25, 0.3) is 15.8 Å². The van der Waals surface area contributed by atoms with Crippen molar-refractivity contribution in [3.05, 3.63) is 56.5 Å². The summed E-state index contributed by atoms with van der Waals surface area (Å²) in [6.07, 6.45) is -5.65. The van der Waals surface area contributed by atoms with Crippen molar-refractivity contribution in [2.24, 2.45) is 7.05 Å². The first-order chi connectivity index (χ1) is 13.7. The van der Waals surface area contributed by atoms with E-state index < -0.39 is 29.4 Å². The number of benzene rings is 1. The molecule has 2 atom stereocenters. The number of rotatable bonds is 3. The molecule has 1 aliphatic heterocycles. The fourth-order valence-corrected chi connectivity index (χ4v) is 4.17. The summed E-state index contributed by atoms with van der Waals surface area (Å²) < 4.78 is 56.7. The summed E-state index contributed by atoms with van der Waals surface area (Å²) in [6, 6.07) is 5.06. The van der Waals surface area contributed by atoms with E-state index in [1.165, 1.54) is 23.7 Å². The number of halogens is 4. The van der Waals surface area contributed by atoms with Crippen molar-refractivity contribution < 1.29 is 22.6 Å². The molecule has 3 aromatic rings. The third kappa shape index (κ3) is 3.54. The number of fused-ring (bicyclic) bond motifs is 1. The molecule has 0 aliphatic carbocycles. The molecule has 7 nitrogen and oxygen atoms in total. The maximum atomic E-state index is 13.1. The Hall–Kier alpha value is -2.02. The van der Waals surface area contributed by atoms with Gasteiger partial charge in [-0.3, -0.25) is 9.36 Å². The van der Waals surface area contributed by atoms with Crippen molar-refractivity contribution in [3.63, 3.8) is 0 Å². The quantitative estimate of drug-likeness (QED) is 0.526. The van der Waals surface area contributed by atoms with Crippen LogP contribution in [0.2, 0.25) is 0 Å². The SMILES string of the molecule is Cn1c(C(F)(F)F)cc(=O)n(-c2ccc3snc(C4OCC(CBr)O4)c3c2)c1=O. The second kappa shape index (κ2) is 7.35. The van der Waals surface area contributed by atoms with Crippen molar-refractivity contribution in [2.45, 2.75) is 18.6 Å². The van der Waals surface area contributed by atoms with Gasteiger partial charge in [-0.1, -0.05) is 15.9 Å². The van der Waals surface area contributed by atoms with Gasteiger partial charge < -0.3 is 9.47 Å². The molecule has 1 aliphatic rings. The Labute approximate surface area is 173 Å². The molecule has 0 amide bonds. The zero-order valence-corrected chi connectivity index (χ0v) is 17.2. The van der Waals surface area contributed by atoms with Gasteiger partial charge in [-0.25, -0.2) is 9.36 Å². The minimum Gasteiger partial charge on any atom is -0.344 e. The van der Waals surface area contributed by atoms with Gasteiger partial charge in [0.15, 0.2) is 0 Å². The molecule has 2 aromatic heterocycles. The van der Waals surface area contributed by atoms with E-state index in [1.54, 1.807) is 6.07 Å². The first-order valence-corrected chi connectivity index (χ1v) is 10.2. The van der Waals surface area contributed by atoms with E-state index in [-0.39, 0.29) is 11.8 Å². The maximum Gasteiger partial charge on any atom is 0.431 e. The lowest BCUT2D eigenvalue weighted by atomic mass is 10.2. The van der Waals surface area contributed by atoms with Gasteiger partial charge in [-0.2, -0.15) is 17.5 Å². The Morgan fingerprint density at radius 1 is 1.31 bits per heavy atom. The molecule has 3 heterocycles. The molecule has 154 valence electrons. The zero-order valence-electron chi connectivity index (χ0n) is 14.8. The summed E-state index contributed by atoms with van der Waals surface area (Å²) in [6.45, 7) is 0.382. The van der Waals surface area contributed by atoms with Gasteiger partial charge in [0.2, 0.25) is 6.29 Å². The largest absolute Gasteiger partial charge is 0.431 e. The van der Waals surface area contributed by atoms with Crippen LogP contribution in [0.15, 0.2) is 33.9 Å². The highest BCUT2D eigenvalue weighted by atomic mass is 79.9. The summed E-state index contributed by atoms with van der Waals surface area (Å²) in [7, 11) is 0.970. The highest BCUT2D eigenvalue weighted by molar-refractivity contribution is 9.09. The standard InChI is InChI=1S/C17H13BrF3N3O4S/c1-23-12(17(19,20)21)5-13(25)24(16(23)26)8-2-3-11-10(4-8)14(22-29-11)15-27-7-9(6-18)28-15/h2-5,9,15H,6-7H2,1H3. The van der Waals surface area contributed by atoms with Crippen LogP contribution in [0, 0.1) is 0 Å². The van der Waals surface area contributed by atoms with Gasteiger partial charge in [0.05, 0.1) is 23.1 Å². The monoisotopic (exact) mass is 491 g/mol. The summed E-state index contributed by atoms with van der Waals surface area (Å²) in [4.78, 5) is 24.9. The number of hydrogen-bond acceptors (Lipinski definition) is 6. The summed E-state index contributed by atoms with van der Waals surface area (Å²) in [5, 5.41) is 1.19. The number of aromatic nitrogens is 3. The van der Waals surface area contributed by atoms with Crippen LogP contribution >= 0.6 is 27.5 Å². The molecule has 0 N–H and O–H groups in total. The van der Waals surface area contributed by atoms with Crippen molar-refractivity contribution in [1.29, 1.82) is 0 Å². The normalized spacial score (nSPS) is 19.9. The minimum atomic E-state index is -4.82. The van der Waals surface area contributed by atoms with Crippen LogP contribution in [0.1, 0.15) is 17.7 Å². The summed E-state index contributed by atoms with van der Waals surface area (Å²) in [5.41, 5.74) is -2.85. The number of alkyl halides is 4. The van der Waals surface area contributed by atoms with Crippen LogP contribution in [0.5, 0.6) is 0 Å².